The fraction of sp³-hybridized carbons (Fsp3) is 0.750. The van der Waals surface area contributed by atoms with Gasteiger partial charge in [0.05, 0.1) is 12.1 Å². The molecule has 0 spiro atoms. The first-order valence-electron chi connectivity index (χ1n) is 8.07. The van der Waals surface area contributed by atoms with Crippen LogP contribution in [-0.4, -0.2) is 71.7 Å². The van der Waals surface area contributed by atoms with Crippen LogP contribution in [0.1, 0.15) is 40.0 Å². The Bertz CT molecular complexity index is 515. The smallest absolute Gasteiger partial charge is 0.408 e. The average molecular weight is 358 g/mol. The number of carbonyl (C=O) groups excluding carboxylic acids is 3. The fourth-order valence-electron chi connectivity index (χ4n) is 2.53. The van der Waals surface area contributed by atoms with Crippen molar-refractivity contribution in [3.8, 4) is 0 Å². The number of ether oxygens (including phenoxy) is 2. The lowest BCUT2D eigenvalue weighted by Gasteiger charge is -2.23. The van der Waals surface area contributed by atoms with Crippen LogP contribution in [0, 0.1) is 0 Å². The fourth-order valence-corrected chi connectivity index (χ4v) is 2.53. The molecule has 0 aliphatic carbocycles. The summed E-state index contributed by atoms with van der Waals surface area (Å²) in [4.78, 5) is 47.7. The average Bonchev–Trinajstić information content (AvgIpc) is 2.92. The van der Waals surface area contributed by atoms with Gasteiger partial charge < -0.3 is 29.6 Å². The number of hydrogen-bond donors (Lipinski definition) is 2. The number of rotatable bonds is 7. The molecule has 1 aliphatic heterocycles. The number of aldehydes is 1. The van der Waals surface area contributed by atoms with Crippen molar-refractivity contribution in [2.45, 2.75) is 63.8 Å². The molecule has 0 aromatic heterocycles. The third-order valence-electron chi connectivity index (χ3n) is 3.75. The van der Waals surface area contributed by atoms with Crippen LogP contribution in [0.15, 0.2) is 0 Å². The van der Waals surface area contributed by atoms with E-state index in [4.69, 9.17) is 9.47 Å². The molecule has 0 saturated carbocycles. The molecule has 1 rings (SSSR count). The highest BCUT2D eigenvalue weighted by atomic mass is 16.6. The molecule has 2 N–H and O–H groups in total. The van der Waals surface area contributed by atoms with Crippen LogP contribution in [0.25, 0.3) is 0 Å². The van der Waals surface area contributed by atoms with Crippen molar-refractivity contribution in [1.82, 2.24) is 10.2 Å². The minimum absolute atomic E-state index is 0.104. The molecule has 9 nitrogen and oxygen atoms in total. The lowest BCUT2D eigenvalue weighted by molar-refractivity contribution is -0.140. The van der Waals surface area contributed by atoms with Gasteiger partial charge in [0.1, 0.15) is 17.9 Å². The minimum atomic E-state index is -1.26. The Kier molecular flexibility index (Phi) is 7.35. The molecule has 3 atom stereocenters. The van der Waals surface area contributed by atoms with E-state index in [2.05, 4.69) is 5.32 Å². The summed E-state index contributed by atoms with van der Waals surface area (Å²) in [5.74, 6) is -1.62. The number of carboxylic acids is 1. The van der Waals surface area contributed by atoms with Crippen molar-refractivity contribution in [2.75, 3.05) is 13.7 Å². The maximum absolute atomic E-state index is 12.3. The number of alkyl carbamates (subject to hydrolysis) is 1. The van der Waals surface area contributed by atoms with Crippen LogP contribution in [0.4, 0.5) is 4.79 Å². The maximum atomic E-state index is 12.3. The molecule has 1 saturated heterocycles. The number of carbonyl (C=O) groups is 4. The van der Waals surface area contributed by atoms with Crippen molar-refractivity contribution in [3.05, 3.63) is 0 Å². The largest absolute Gasteiger partial charge is 0.480 e. The topological polar surface area (TPSA) is 122 Å². The van der Waals surface area contributed by atoms with E-state index in [-0.39, 0.29) is 31.4 Å². The first-order chi connectivity index (χ1) is 11.6. The Morgan fingerprint density at radius 1 is 1.36 bits per heavy atom. The van der Waals surface area contributed by atoms with Crippen LogP contribution in [0.3, 0.4) is 0 Å². The third kappa shape index (κ3) is 6.69. The summed E-state index contributed by atoms with van der Waals surface area (Å²) >= 11 is 0. The molecule has 1 aliphatic rings. The zero-order valence-corrected chi connectivity index (χ0v) is 15.0. The zero-order valence-electron chi connectivity index (χ0n) is 15.0. The lowest BCUT2D eigenvalue weighted by atomic mass is 10.1. The predicted octanol–water partition coefficient (Wildman–Crippen LogP) is 0.559. The predicted molar refractivity (Wildman–Crippen MR) is 87.0 cm³/mol. The van der Waals surface area contributed by atoms with Gasteiger partial charge in [0.25, 0.3) is 0 Å². The van der Waals surface area contributed by atoms with Crippen LogP contribution < -0.4 is 5.32 Å². The summed E-state index contributed by atoms with van der Waals surface area (Å²) in [5.41, 5.74) is -0.759. The summed E-state index contributed by atoms with van der Waals surface area (Å²) in [7, 11) is 1.51. The van der Waals surface area contributed by atoms with Crippen LogP contribution >= 0.6 is 0 Å². The first kappa shape index (κ1) is 20.9. The first-order valence-corrected chi connectivity index (χ1v) is 8.07. The molecule has 0 radical (unpaired) electrons. The summed E-state index contributed by atoms with van der Waals surface area (Å²) in [6.45, 7) is 5.26. The number of nitrogens with one attached hydrogen (secondary N) is 1. The van der Waals surface area contributed by atoms with Crippen molar-refractivity contribution in [3.63, 3.8) is 0 Å². The van der Waals surface area contributed by atoms with Gasteiger partial charge >= 0.3 is 12.1 Å². The lowest BCUT2D eigenvalue weighted by Crippen LogP contribution is -2.44. The number of aliphatic carboxylic acids is 1. The summed E-state index contributed by atoms with van der Waals surface area (Å²) in [6, 6.07) is -1.83. The number of likely N-dealkylation sites (tertiary alicyclic amines) is 1. The molecule has 1 fully saturated rings. The van der Waals surface area contributed by atoms with Crippen molar-refractivity contribution in [1.29, 1.82) is 0 Å². The number of amides is 2. The maximum Gasteiger partial charge on any atom is 0.408 e. The number of methoxy groups -OCH3 is 1. The Morgan fingerprint density at radius 3 is 2.48 bits per heavy atom. The van der Waals surface area contributed by atoms with Gasteiger partial charge in [0.2, 0.25) is 5.91 Å². The molecule has 9 heteroatoms. The SMILES string of the molecule is CO[C@@H]1C[C@H](C=O)N(C(=O)CC[C@H](NC(=O)OC(C)(C)C)C(=O)O)C1. The van der Waals surface area contributed by atoms with E-state index in [0.717, 1.165) is 0 Å². The molecule has 2 amide bonds. The normalized spacial score (nSPS) is 21.5. The number of nitrogens with zero attached hydrogens (tertiary/aromatic N) is 1. The van der Waals surface area contributed by atoms with Gasteiger partial charge in [-0.3, -0.25) is 4.79 Å². The van der Waals surface area contributed by atoms with Gasteiger partial charge in [-0.05, 0) is 27.2 Å². The van der Waals surface area contributed by atoms with Crippen LogP contribution in [0.5, 0.6) is 0 Å². The van der Waals surface area contributed by atoms with Crippen molar-refractivity contribution >= 4 is 24.3 Å². The second kappa shape index (κ2) is 8.80. The summed E-state index contributed by atoms with van der Waals surface area (Å²) in [6.07, 6.45) is -0.191. The molecular weight excluding hydrogens is 332 g/mol. The molecule has 0 unspecified atom stereocenters. The van der Waals surface area contributed by atoms with E-state index in [0.29, 0.717) is 12.7 Å². The standard InChI is InChI=1S/C16H26N2O7/c1-16(2,3)25-15(23)17-12(14(21)22)5-6-13(20)18-8-11(24-4)7-10(18)9-19/h9-12H,5-8H2,1-4H3,(H,17,23)(H,21,22)/t10-,11-,12+/m1/s1. The molecule has 1 heterocycles. The number of carboxylic acid groups (broad SMARTS) is 1. The monoisotopic (exact) mass is 358 g/mol. The molecule has 142 valence electrons. The Labute approximate surface area is 146 Å². The van der Waals surface area contributed by atoms with Crippen LogP contribution in [-0.2, 0) is 23.9 Å². The summed E-state index contributed by atoms with van der Waals surface area (Å²) in [5, 5.41) is 11.4. The van der Waals surface area contributed by atoms with E-state index >= 15 is 0 Å². The highest BCUT2D eigenvalue weighted by Crippen LogP contribution is 2.20. The Hall–Kier alpha value is -2.16. The highest BCUT2D eigenvalue weighted by molar-refractivity contribution is 5.83. The van der Waals surface area contributed by atoms with Gasteiger partial charge in [-0.15, -0.1) is 0 Å². The van der Waals surface area contributed by atoms with Gasteiger partial charge in [-0.2, -0.15) is 0 Å². The van der Waals surface area contributed by atoms with Crippen molar-refractivity contribution in [2.24, 2.45) is 0 Å². The Morgan fingerprint density at radius 2 is 2.00 bits per heavy atom. The second-order valence-corrected chi connectivity index (χ2v) is 6.92. The zero-order chi connectivity index (χ0) is 19.2. The molecule has 0 bridgehead atoms. The Balaban J connectivity index is 2.59. The minimum Gasteiger partial charge on any atom is -0.480 e. The van der Waals surface area contributed by atoms with E-state index in [1.807, 2.05) is 0 Å². The second-order valence-electron chi connectivity index (χ2n) is 6.92. The molecule has 0 aromatic carbocycles. The van der Waals surface area contributed by atoms with E-state index in [1.54, 1.807) is 20.8 Å². The molecular formula is C16H26N2O7. The van der Waals surface area contributed by atoms with E-state index in [1.165, 1.54) is 12.0 Å². The third-order valence-corrected chi connectivity index (χ3v) is 3.75. The quantitative estimate of drug-likeness (QED) is 0.638. The van der Waals surface area contributed by atoms with Gasteiger partial charge in [-0.25, -0.2) is 9.59 Å². The van der Waals surface area contributed by atoms with Crippen LogP contribution in [0.2, 0.25) is 0 Å². The van der Waals surface area contributed by atoms with Crippen molar-refractivity contribution < 1.29 is 33.8 Å². The summed E-state index contributed by atoms with van der Waals surface area (Å²) < 4.78 is 10.2. The molecule has 25 heavy (non-hydrogen) atoms. The highest BCUT2D eigenvalue weighted by Gasteiger charge is 2.35. The van der Waals surface area contributed by atoms with Gasteiger partial charge in [0, 0.05) is 26.5 Å². The molecule has 0 aromatic rings. The number of hydrogen-bond acceptors (Lipinski definition) is 6. The van der Waals surface area contributed by atoms with Gasteiger partial charge in [0.15, 0.2) is 0 Å². The van der Waals surface area contributed by atoms with E-state index in [9.17, 15) is 24.3 Å². The van der Waals surface area contributed by atoms with E-state index < -0.39 is 29.7 Å². The van der Waals surface area contributed by atoms with Gasteiger partial charge in [-0.1, -0.05) is 0 Å².